The summed E-state index contributed by atoms with van der Waals surface area (Å²) in [7, 11) is -3.64. The first-order chi connectivity index (χ1) is 14.4. The smallest absolute Gasteiger partial charge is 0.264 e. The molecule has 0 radical (unpaired) electrons. The predicted octanol–water partition coefficient (Wildman–Crippen LogP) is 1.89. The van der Waals surface area contributed by atoms with E-state index in [0.717, 1.165) is 12.7 Å². The molecule has 1 saturated heterocycles. The minimum absolute atomic E-state index is 0.0290. The first kappa shape index (κ1) is 20.7. The Hall–Kier alpha value is -2.52. The fraction of sp³-hybridized carbons (Fsp3) is 0.476. The van der Waals surface area contributed by atoms with Crippen molar-refractivity contribution in [2.75, 3.05) is 31.2 Å². The zero-order chi connectivity index (χ0) is 21.1. The summed E-state index contributed by atoms with van der Waals surface area (Å²) in [4.78, 5) is 23.0. The van der Waals surface area contributed by atoms with Crippen LogP contribution in [0.2, 0.25) is 0 Å². The quantitative estimate of drug-likeness (QED) is 0.669. The highest BCUT2D eigenvalue weighted by atomic mass is 32.2. The standard InChI is InChI=1S/C21H26N4O4S/c1-30(27,28)29-19-14-25(11-8-16(19)13-24-21-22-9-5-10-23-21)20(26)18-12-17(18)15-6-3-2-4-7-15/h2-7,9-10,16-19H,8,11-14H2,1H3,(H,22,23,24)/t16-,17-,18+,19-/m1/s1. The third-order valence-electron chi connectivity index (χ3n) is 5.73. The SMILES string of the molecule is CS(=O)(=O)O[C@@H]1CN(C(=O)[C@H]2C[C@@H]2c2ccccc2)CC[C@@H]1CNc1ncccn1. The van der Waals surface area contributed by atoms with Gasteiger partial charge in [0.2, 0.25) is 11.9 Å². The molecular formula is C21H26N4O4S. The summed E-state index contributed by atoms with van der Waals surface area (Å²) in [5, 5.41) is 3.14. The van der Waals surface area contributed by atoms with E-state index in [2.05, 4.69) is 27.4 Å². The van der Waals surface area contributed by atoms with Crippen LogP contribution in [0.1, 0.15) is 24.3 Å². The van der Waals surface area contributed by atoms with Crippen molar-refractivity contribution in [1.82, 2.24) is 14.9 Å². The maximum Gasteiger partial charge on any atom is 0.264 e. The average Bonchev–Trinajstić information content (AvgIpc) is 3.53. The third-order valence-corrected chi connectivity index (χ3v) is 6.33. The van der Waals surface area contributed by atoms with Gasteiger partial charge in [0, 0.05) is 43.9 Å². The van der Waals surface area contributed by atoms with Crippen molar-refractivity contribution >= 4 is 22.0 Å². The van der Waals surface area contributed by atoms with Gasteiger partial charge in [0.25, 0.3) is 10.1 Å². The molecule has 1 aliphatic carbocycles. The number of carbonyl (C=O) groups is 1. The Balaban J connectivity index is 1.39. The largest absolute Gasteiger partial charge is 0.354 e. The van der Waals surface area contributed by atoms with Crippen LogP contribution in [0, 0.1) is 11.8 Å². The molecule has 4 atom stereocenters. The molecule has 0 spiro atoms. The Kier molecular flexibility index (Phi) is 6.01. The molecule has 2 fully saturated rings. The lowest BCUT2D eigenvalue weighted by Crippen LogP contribution is -2.50. The van der Waals surface area contributed by atoms with E-state index in [0.29, 0.717) is 25.5 Å². The van der Waals surface area contributed by atoms with E-state index in [4.69, 9.17) is 4.18 Å². The van der Waals surface area contributed by atoms with E-state index in [1.54, 1.807) is 23.4 Å². The summed E-state index contributed by atoms with van der Waals surface area (Å²) in [5.74, 6) is 0.722. The molecule has 160 valence electrons. The van der Waals surface area contributed by atoms with Gasteiger partial charge in [-0.3, -0.25) is 8.98 Å². The van der Waals surface area contributed by atoms with E-state index in [1.165, 1.54) is 5.56 Å². The first-order valence-electron chi connectivity index (χ1n) is 10.1. The van der Waals surface area contributed by atoms with Crippen LogP contribution in [-0.4, -0.2) is 61.2 Å². The van der Waals surface area contributed by atoms with E-state index in [-0.39, 0.29) is 30.2 Å². The topological polar surface area (TPSA) is 101 Å². The number of rotatable bonds is 7. The number of likely N-dealkylation sites (tertiary alicyclic amines) is 1. The summed E-state index contributed by atoms with van der Waals surface area (Å²) < 4.78 is 29.0. The van der Waals surface area contributed by atoms with Gasteiger partial charge in [0.1, 0.15) is 0 Å². The number of nitrogens with zero attached hydrogens (tertiary/aromatic N) is 3. The fourth-order valence-electron chi connectivity index (χ4n) is 4.12. The van der Waals surface area contributed by atoms with Gasteiger partial charge in [0.15, 0.2) is 0 Å². The minimum Gasteiger partial charge on any atom is -0.354 e. The molecule has 0 bridgehead atoms. The number of hydrogen-bond acceptors (Lipinski definition) is 7. The Bertz CT molecular complexity index is 971. The molecule has 0 unspecified atom stereocenters. The molecule has 1 aromatic carbocycles. The predicted molar refractivity (Wildman–Crippen MR) is 112 cm³/mol. The van der Waals surface area contributed by atoms with Crippen LogP contribution in [0.4, 0.5) is 5.95 Å². The van der Waals surface area contributed by atoms with Crippen LogP contribution < -0.4 is 5.32 Å². The highest BCUT2D eigenvalue weighted by Crippen LogP contribution is 2.48. The Morgan fingerprint density at radius 1 is 1.20 bits per heavy atom. The Labute approximate surface area is 176 Å². The second-order valence-corrected chi connectivity index (χ2v) is 9.59. The summed E-state index contributed by atoms with van der Waals surface area (Å²) in [6.07, 6.45) is 5.22. The van der Waals surface area contributed by atoms with Crippen LogP contribution >= 0.6 is 0 Å². The lowest BCUT2D eigenvalue weighted by Gasteiger charge is -2.38. The molecule has 8 nitrogen and oxygen atoms in total. The fourth-order valence-corrected chi connectivity index (χ4v) is 4.78. The van der Waals surface area contributed by atoms with Crippen LogP contribution in [0.5, 0.6) is 0 Å². The molecule has 4 rings (SSSR count). The second kappa shape index (κ2) is 8.69. The number of benzene rings is 1. The lowest BCUT2D eigenvalue weighted by atomic mass is 9.93. The normalized spacial score (nSPS) is 26.2. The van der Waals surface area contributed by atoms with Crippen LogP contribution in [0.25, 0.3) is 0 Å². The number of anilines is 1. The van der Waals surface area contributed by atoms with Gasteiger partial charge in [-0.15, -0.1) is 0 Å². The number of hydrogen-bond donors (Lipinski definition) is 1. The number of aromatic nitrogens is 2. The van der Waals surface area contributed by atoms with Gasteiger partial charge in [-0.2, -0.15) is 8.42 Å². The average molecular weight is 431 g/mol. The zero-order valence-electron chi connectivity index (χ0n) is 16.8. The zero-order valence-corrected chi connectivity index (χ0v) is 17.7. The van der Waals surface area contributed by atoms with Crippen molar-refractivity contribution in [2.24, 2.45) is 11.8 Å². The summed E-state index contributed by atoms with van der Waals surface area (Å²) >= 11 is 0. The maximum absolute atomic E-state index is 13.0. The van der Waals surface area contributed by atoms with Gasteiger partial charge in [-0.1, -0.05) is 30.3 Å². The molecule has 30 heavy (non-hydrogen) atoms. The van der Waals surface area contributed by atoms with Crippen molar-refractivity contribution < 1.29 is 17.4 Å². The highest BCUT2D eigenvalue weighted by Gasteiger charge is 2.47. The molecule has 9 heteroatoms. The molecular weight excluding hydrogens is 404 g/mol. The molecule has 1 N–H and O–H groups in total. The number of nitrogens with one attached hydrogen (secondary N) is 1. The van der Waals surface area contributed by atoms with Crippen molar-refractivity contribution in [3.63, 3.8) is 0 Å². The maximum atomic E-state index is 13.0. The van der Waals surface area contributed by atoms with Crippen molar-refractivity contribution in [1.29, 1.82) is 0 Å². The summed E-state index contributed by atoms with van der Waals surface area (Å²) in [5.41, 5.74) is 1.18. The van der Waals surface area contributed by atoms with Gasteiger partial charge < -0.3 is 10.2 Å². The second-order valence-electron chi connectivity index (χ2n) is 7.98. The van der Waals surface area contributed by atoms with E-state index in [9.17, 15) is 13.2 Å². The molecule has 1 amide bonds. The monoisotopic (exact) mass is 430 g/mol. The summed E-state index contributed by atoms with van der Waals surface area (Å²) in [6.45, 7) is 1.33. The van der Waals surface area contributed by atoms with E-state index >= 15 is 0 Å². The highest BCUT2D eigenvalue weighted by molar-refractivity contribution is 7.86. The van der Waals surface area contributed by atoms with Crippen molar-refractivity contribution in [2.45, 2.75) is 24.9 Å². The van der Waals surface area contributed by atoms with E-state index in [1.807, 2.05) is 18.2 Å². The molecule has 1 saturated carbocycles. The molecule has 2 heterocycles. The van der Waals surface area contributed by atoms with Crippen molar-refractivity contribution in [3.05, 3.63) is 54.4 Å². The Morgan fingerprint density at radius 3 is 2.63 bits per heavy atom. The minimum atomic E-state index is -3.64. The molecule has 2 aromatic rings. The van der Waals surface area contributed by atoms with Crippen LogP contribution in [0.3, 0.4) is 0 Å². The number of amides is 1. The summed E-state index contributed by atoms with van der Waals surface area (Å²) in [6, 6.07) is 11.8. The number of piperidine rings is 1. The van der Waals surface area contributed by atoms with Crippen LogP contribution in [-0.2, 0) is 19.1 Å². The molecule has 1 aliphatic heterocycles. The van der Waals surface area contributed by atoms with Crippen molar-refractivity contribution in [3.8, 4) is 0 Å². The van der Waals surface area contributed by atoms with Gasteiger partial charge in [-0.25, -0.2) is 9.97 Å². The van der Waals surface area contributed by atoms with E-state index < -0.39 is 16.2 Å². The van der Waals surface area contributed by atoms with Crippen LogP contribution in [0.15, 0.2) is 48.8 Å². The molecule has 2 aliphatic rings. The lowest BCUT2D eigenvalue weighted by molar-refractivity contribution is -0.136. The van der Waals surface area contributed by atoms with Gasteiger partial charge in [0.05, 0.1) is 12.4 Å². The first-order valence-corrected chi connectivity index (χ1v) is 12.0. The number of carbonyl (C=O) groups excluding carboxylic acids is 1. The Morgan fingerprint density at radius 2 is 1.93 bits per heavy atom. The van der Waals surface area contributed by atoms with Gasteiger partial charge >= 0.3 is 0 Å². The third kappa shape index (κ3) is 5.14. The van der Waals surface area contributed by atoms with Gasteiger partial charge in [-0.05, 0) is 30.4 Å². The molecule has 1 aromatic heterocycles.